The van der Waals surface area contributed by atoms with Gasteiger partial charge in [-0.3, -0.25) is 10.2 Å². The van der Waals surface area contributed by atoms with Gasteiger partial charge in [0.15, 0.2) is 0 Å². The Balaban J connectivity index is 2.03. The average Bonchev–Trinajstić information content (AvgIpc) is 2.49. The molecule has 0 fully saturated rings. The average molecular weight is 283 g/mol. The highest BCUT2D eigenvalue weighted by Crippen LogP contribution is 2.20. The van der Waals surface area contributed by atoms with E-state index in [4.69, 9.17) is 5.84 Å². The maximum absolute atomic E-state index is 11.2. The molecule has 0 aromatic heterocycles. The van der Waals surface area contributed by atoms with Crippen molar-refractivity contribution in [1.82, 2.24) is 5.43 Å². The molecule has 0 spiro atoms. The van der Waals surface area contributed by atoms with E-state index in [0.717, 1.165) is 12.1 Å². The number of amides is 1. The molecule has 0 bridgehead atoms. The number of anilines is 1. The number of hydrazine groups is 1. The molecule has 2 rings (SSSR count). The van der Waals surface area contributed by atoms with Gasteiger partial charge in [-0.2, -0.15) is 0 Å². The fourth-order valence-electron chi connectivity index (χ4n) is 2.35. The molecule has 1 amide bonds. The maximum atomic E-state index is 11.2. The first-order valence-electron chi connectivity index (χ1n) is 6.94. The van der Waals surface area contributed by atoms with Crippen LogP contribution in [0, 0.1) is 6.92 Å². The quantitative estimate of drug-likeness (QED) is 0.502. The zero-order chi connectivity index (χ0) is 15.2. The van der Waals surface area contributed by atoms with Crippen molar-refractivity contribution in [3.8, 4) is 0 Å². The molecule has 0 saturated heterocycles. The topological polar surface area (TPSA) is 58.4 Å². The third-order valence-corrected chi connectivity index (χ3v) is 3.50. The minimum Gasteiger partial charge on any atom is -0.370 e. The highest BCUT2D eigenvalue weighted by Gasteiger charge is 2.05. The second kappa shape index (κ2) is 6.90. The van der Waals surface area contributed by atoms with Crippen LogP contribution in [0.5, 0.6) is 0 Å². The molecule has 110 valence electrons. The number of hydrogen-bond acceptors (Lipinski definition) is 3. The highest BCUT2D eigenvalue weighted by molar-refractivity contribution is 5.77. The number of para-hydroxylation sites is 1. The molecular weight excluding hydrogens is 262 g/mol. The molecule has 0 heterocycles. The number of rotatable bonds is 5. The standard InChI is InChI=1S/C17H21N3O/c1-13-5-3-4-6-16(13)20(2)12-15-9-7-14(8-10-15)11-17(21)19-18/h3-10H,11-12,18H2,1-2H3,(H,19,21). The van der Waals surface area contributed by atoms with Crippen LogP contribution in [0.25, 0.3) is 0 Å². The van der Waals surface area contributed by atoms with Crippen molar-refractivity contribution in [3.63, 3.8) is 0 Å². The Bertz CT molecular complexity index is 608. The zero-order valence-corrected chi connectivity index (χ0v) is 12.5. The van der Waals surface area contributed by atoms with Gasteiger partial charge in [-0.25, -0.2) is 5.84 Å². The molecule has 4 nitrogen and oxygen atoms in total. The van der Waals surface area contributed by atoms with Gasteiger partial charge in [-0.05, 0) is 29.7 Å². The Morgan fingerprint density at radius 3 is 2.33 bits per heavy atom. The van der Waals surface area contributed by atoms with Crippen molar-refractivity contribution in [3.05, 3.63) is 65.2 Å². The molecule has 2 aromatic carbocycles. The number of nitrogens with one attached hydrogen (secondary N) is 1. The summed E-state index contributed by atoms with van der Waals surface area (Å²) in [5.41, 5.74) is 6.79. The van der Waals surface area contributed by atoms with E-state index in [0.29, 0.717) is 6.42 Å². The smallest absolute Gasteiger partial charge is 0.238 e. The van der Waals surface area contributed by atoms with Crippen molar-refractivity contribution >= 4 is 11.6 Å². The summed E-state index contributed by atoms with van der Waals surface area (Å²) in [5, 5.41) is 0. The van der Waals surface area contributed by atoms with E-state index < -0.39 is 0 Å². The SMILES string of the molecule is Cc1ccccc1N(C)Cc1ccc(CC(=O)NN)cc1. The monoisotopic (exact) mass is 283 g/mol. The fraction of sp³-hybridized carbons (Fsp3) is 0.235. The summed E-state index contributed by atoms with van der Waals surface area (Å²) in [6.45, 7) is 2.94. The second-order valence-corrected chi connectivity index (χ2v) is 5.20. The van der Waals surface area contributed by atoms with Gasteiger partial charge in [0.1, 0.15) is 0 Å². The van der Waals surface area contributed by atoms with Crippen LogP contribution in [0.1, 0.15) is 16.7 Å². The number of carbonyl (C=O) groups is 1. The van der Waals surface area contributed by atoms with Gasteiger partial charge in [0.05, 0.1) is 6.42 Å². The number of benzene rings is 2. The summed E-state index contributed by atoms with van der Waals surface area (Å²) in [5.74, 6) is 4.91. The van der Waals surface area contributed by atoms with Gasteiger partial charge in [0, 0.05) is 19.3 Å². The molecular formula is C17H21N3O. The lowest BCUT2D eigenvalue weighted by atomic mass is 10.1. The van der Waals surface area contributed by atoms with E-state index >= 15 is 0 Å². The van der Waals surface area contributed by atoms with Crippen molar-refractivity contribution in [2.45, 2.75) is 19.9 Å². The van der Waals surface area contributed by atoms with Crippen molar-refractivity contribution in [2.75, 3.05) is 11.9 Å². The number of carbonyl (C=O) groups excluding carboxylic acids is 1. The Morgan fingerprint density at radius 1 is 1.10 bits per heavy atom. The molecule has 0 aliphatic heterocycles. The van der Waals surface area contributed by atoms with Crippen LogP contribution in [0.2, 0.25) is 0 Å². The van der Waals surface area contributed by atoms with E-state index in [1.807, 2.05) is 36.4 Å². The van der Waals surface area contributed by atoms with Gasteiger partial charge in [0.25, 0.3) is 0 Å². The molecule has 4 heteroatoms. The number of hydrogen-bond donors (Lipinski definition) is 2. The van der Waals surface area contributed by atoms with Crippen LogP contribution in [-0.4, -0.2) is 13.0 Å². The number of nitrogens with two attached hydrogens (primary N) is 1. The van der Waals surface area contributed by atoms with Gasteiger partial charge < -0.3 is 4.90 Å². The summed E-state index contributed by atoms with van der Waals surface area (Å²) >= 11 is 0. The van der Waals surface area contributed by atoms with Crippen LogP contribution < -0.4 is 16.2 Å². The Labute approximate surface area is 125 Å². The van der Waals surface area contributed by atoms with Crippen LogP contribution >= 0.6 is 0 Å². The molecule has 3 N–H and O–H groups in total. The summed E-state index contributed by atoms with van der Waals surface area (Å²) < 4.78 is 0. The Morgan fingerprint density at radius 2 is 1.71 bits per heavy atom. The molecule has 0 atom stereocenters. The first-order valence-corrected chi connectivity index (χ1v) is 6.94. The van der Waals surface area contributed by atoms with Crippen molar-refractivity contribution in [2.24, 2.45) is 5.84 Å². The minimum absolute atomic E-state index is 0.181. The van der Waals surface area contributed by atoms with E-state index in [1.165, 1.54) is 16.8 Å². The first kappa shape index (κ1) is 15.1. The minimum atomic E-state index is -0.181. The molecule has 2 aromatic rings. The summed E-state index contributed by atoms with van der Waals surface area (Å²) in [6, 6.07) is 16.4. The van der Waals surface area contributed by atoms with Crippen molar-refractivity contribution in [1.29, 1.82) is 0 Å². The molecule has 0 aliphatic rings. The first-order chi connectivity index (χ1) is 10.1. The van der Waals surface area contributed by atoms with Crippen LogP contribution in [0.3, 0.4) is 0 Å². The Kier molecular flexibility index (Phi) is 4.95. The second-order valence-electron chi connectivity index (χ2n) is 5.20. The molecule has 0 unspecified atom stereocenters. The maximum Gasteiger partial charge on any atom is 0.238 e. The van der Waals surface area contributed by atoms with E-state index in [1.54, 1.807) is 0 Å². The molecule has 0 aliphatic carbocycles. The number of aryl methyl sites for hydroxylation is 1. The molecule has 0 saturated carbocycles. The molecule has 21 heavy (non-hydrogen) atoms. The third kappa shape index (κ3) is 4.07. The van der Waals surface area contributed by atoms with Gasteiger partial charge in [-0.1, -0.05) is 42.5 Å². The zero-order valence-electron chi connectivity index (χ0n) is 12.5. The molecule has 0 radical (unpaired) electrons. The predicted octanol–water partition coefficient (Wildman–Crippen LogP) is 2.16. The lowest BCUT2D eigenvalue weighted by molar-refractivity contribution is -0.120. The van der Waals surface area contributed by atoms with Crippen LogP contribution in [-0.2, 0) is 17.8 Å². The highest BCUT2D eigenvalue weighted by atomic mass is 16.2. The summed E-state index contributed by atoms with van der Waals surface area (Å²) in [6.07, 6.45) is 0.310. The predicted molar refractivity (Wildman–Crippen MR) is 85.8 cm³/mol. The summed E-state index contributed by atoms with van der Waals surface area (Å²) in [7, 11) is 2.08. The largest absolute Gasteiger partial charge is 0.370 e. The third-order valence-electron chi connectivity index (χ3n) is 3.50. The normalized spacial score (nSPS) is 10.2. The lowest BCUT2D eigenvalue weighted by Crippen LogP contribution is -2.31. The number of nitrogens with zero attached hydrogens (tertiary/aromatic N) is 1. The Hall–Kier alpha value is -2.33. The van der Waals surface area contributed by atoms with E-state index in [2.05, 4.69) is 36.4 Å². The van der Waals surface area contributed by atoms with Gasteiger partial charge >= 0.3 is 0 Å². The van der Waals surface area contributed by atoms with E-state index in [9.17, 15) is 4.79 Å². The van der Waals surface area contributed by atoms with Crippen LogP contribution in [0.4, 0.5) is 5.69 Å². The summed E-state index contributed by atoms with van der Waals surface area (Å²) in [4.78, 5) is 13.4. The van der Waals surface area contributed by atoms with Gasteiger partial charge in [-0.15, -0.1) is 0 Å². The lowest BCUT2D eigenvalue weighted by Gasteiger charge is -2.21. The van der Waals surface area contributed by atoms with Crippen molar-refractivity contribution < 1.29 is 4.79 Å². The van der Waals surface area contributed by atoms with Gasteiger partial charge in [0.2, 0.25) is 5.91 Å². The van der Waals surface area contributed by atoms with Crippen LogP contribution in [0.15, 0.2) is 48.5 Å². The van der Waals surface area contributed by atoms with E-state index in [-0.39, 0.29) is 5.91 Å². The fourth-order valence-corrected chi connectivity index (χ4v) is 2.35.